The van der Waals surface area contributed by atoms with E-state index in [-0.39, 0.29) is 18.6 Å². The number of primary amides is 1. The number of rotatable bonds is 8. The minimum Gasteiger partial charge on any atom is -0.484 e. The number of aromatic nitrogens is 2. The molecule has 7 nitrogen and oxygen atoms in total. The van der Waals surface area contributed by atoms with Crippen molar-refractivity contribution >= 4 is 11.8 Å². The molecule has 1 atom stereocenters. The molecule has 0 saturated heterocycles. The first-order chi connectivity index (χ1) is 13.6. The van der Waals surface area contributed by atoms with Crippen LogP contribution in [-0.2, 0) is 4.79 Å². The van der Waals surface area contributed by atoms with Crippen LogP contribution in [0.15, 0.2) is 60.8 Å². The average molecular weight is 378 g/mol. The predicted molar refractivity (Wildman–Crippen MR) is 106 cm³/mol. The van der Waals surface area contributed by atoms with Gasteiger partial charge in [-0.3, -0.25) is 9.59 Å². The van der Waals surface area contributed by atoms with E-state index in [2.05, 4.69) is 15.3 Å². The predicted octanol–water partition coefficient (Wildman–Crippen LogP) is 2.82. The lowest BCUT2D eigenvalue weighted by atomic mass is 10.2. The molecule has 3 aromatic rings. The van der Waals surface area contributed by atoms with E-state index in [0.717, 1.165) is 11.3 Å². The second kappa shape index (κ2) is 8.85. The van der Waals surface area contributed by atoms with Crippen molar-refractivity contribution in [3.63, 3.8) is 0 Å². The number of hydrogen-bond donors (Lipinski definition) is 3. The number of H-pyrrole nitrogens is 1. The van der Waals surface area contributed by atoms with E-state index >= 15 is 0 Å². The zero-order valence-corrected chi connectivity index (χ0v) is 15.5. The fourth-order valence-electron chi connectivity index (χ4n) is 2.77. The SMILES string of the molecule is CC[C@@H](NC(=O)COc1cccc(C(N)=O)c1)c1ncc(-c2ccccc2)[nH]1. The van der Waals surface area contributed by atoms with E-state index in [4.69, 9.17) is 10.5 Å². The molecule has 3 rings (SSSR count). The Hall–Kier alpha value is -3.61. The molecule has 1 aromatic heterocycles. The van der Waals surface area contributed by atoms with Gasteiger partial charge in [-0.1, -0.05) is 43.3 Å². The van der Waals surface area contributed by atoms with Gasteiger partial charge < -0.3 is 20.8 Å². The summed E-state index contributed by atoms with van der Waals surface area (Å²) in [6, 6.07) is 16.0. The molecule has 0 aliphatic rings. The number of carbonyl (C=O) groups excluding carboxylic acids is 2. The summed E-state index contributed by atoms with van der Waals surface area (Å²) in [7, 11) is 0. The van der Waals surface area contributed by atoms with Crippen LogP contribution < -0.4 is 15.8 Å². The second-order valence-corrected chi connectivity index (χ2v) is 6.26. The number of nitrogens with one attached hydrogen (secondary N) is 2. The van der Waals surface area contributed by atoms with Crippen LogP contribution in [0.4, 0.5) is 0 Å². The molecule has 0 bridgehead atoms. The number of carbonyl (C=O) groups is 2. The van der Waals surface area contributed by atoms with E-state index in [1.54, 1.807) is 24.4 Å². The Morgan fingerprint density at radius 2 is 1.96 bits per heavy atom. The highest BCUT2D eigenvalue weighted by Crippen LogP contribution is 2.20. The van der Waals surface area contributed by atoms with Crippen LogP contribution in [0.25, 0.3) is 11.3 Å². The molecular formula is C21H22N4O3. The van der Waals surface area contributed by atoms with Crippen molar-refractivity contribution in [2.24, 2.45) is 5.73 Å². The number of nitrogens with two attached hydrogens (primary N) is 1. The summed E-state index contributed by atoms with van der Waals surface area (Å²) in [5.41, 5.74) is 7.49. The molecule has 2 amide bonds. The average Bonchev–Trinajstić information content (AvgIpc) is 3.21. The molecule has 144 valence electrons. The van der Waals surface area contributed by atoms with Crippen LogP contribution in [0.3, 0.4) is 0 Å². The fraction of sp³-hybridized carbons (Fsp3) is 0.190. The Morgan fingerprint density at radius 1 is 1.18 bits per heavy atom. The van der Waals surface area contributed by atoms with Gasteiger partial charge in [0.1, 0.15) is 11.6 Å². The van der Waals surface area contributed by atoms with Crippen LogP contribution >= 0.6 is 0 Å². The molecule has 2 aromatic carbocycles. The van der Waals surface area contributed by atoms with E-state index in [1.807, 2.05) is 37.3 Å². The molecule has 28 heavy (non-hydrogen) atoms. The number of ether oxygens (including phenoxy) is 1. The second-order valence-electron chi connectivity index (χ2n) is 6.26. The summed E-state index contributed by atoms with van der Waals surface area (Å²) < 4.78 is 5.46. The van der Waals surface area contributed by atoms with E-state index in [0.29, 0.717) is 23.6 Å². The van der Waals surface area contributed by atoms with Crippen LogP contribution in [0.2, 0.25) is 0 Å². The number of aromatic amines is 1. The Bertz CT molecular complexity index is 953. The molecule has 0 spiro atoms. The summed E-state index contributed by atoms with van der Waals surface area (Å²) >= 11 is 0. The number of benzene rings is 2. The van der Waals surface area contributed by atoms with Crippen molar-refractivity contribution in [3.8, 4) is 17.0 Å². The third kappa shape index (κ3) is 4.76. The van der Waals surface area contributed by atoms with Crippen molar-refractivity contribution in [3.05, 3.63) is 72.2 Å². The topological polar surface area (TPSA) is 110 Å². The van der Waals surface area contributed by atoms with Gasteiger partial charge in [-0.25, -0.2) is 4.98 Å². The molecule has 0 radical (unpaired) electrons. The molecule has 0 aliphatic carbocycles. The van der Waals surface area contributed by atoms with Gasteiger partial charge >= 0.3 is 0 Å². The van der Waals surface area contributed by atoms with E-state index < -0.39 is 5.91 Å². The van der Waals surface area contributed by atoms with Crippen LogP contribution in [0.5, 0.6) is 5.75 Å². The third-order valence-electron chi connectivity index (χ3n) is 4.24. The number of hydrogen-bond acceptors (Lipinski definition) is 4. The minimum atomic E-state index is -0.548. The van der Waals surface area contributed by atoms with Crippen molar-refractivity contribution in [2.75, 3.05) is 6.61 Å². The lowest BCUT2D eigenvalue weighted by Gasteiger charge is -2.15. The molecular weight excluding hydrogens is 356 g/mol. The molecule has 0 saturated carbocycles. The highest BCUT2D eigenvalue weighted by atomic mass is 16.5. The van der Waals surface area contributed by atoms with Gasteiger partial charge in [0.25, 0.3) is 5.91 Å². The largest absolute Gasteiger partial charge is 0.484 e. The molecule has 1 heterocycles. The van der Waals surface area contributed by atoms with Crippen molar-refractivity contribution in [1.82, 2.24) is 15.3 Å². The maximum absolute atomic E-state index is 12.3. The van der Waals surface area contributed by atoms with Gasteiger partial charge in [-0.05, 0) is 30.2 Å². The quantitative estimate of drug-likeness (QED) is 0.560. The molecule has 0 aliphatic heterocycles. The van der Waals surface area contributed by atoms with E-state index in [9.17, 15) is 9.59 Å². The minimum absolute atomic E-state index is 0.176. The molecule has 0 fully saturated rings. The number of nitrogens with zero attached hydrogens (tertiary/aromatic N) is 1. The summed E-state index contributed by atoms with van der Waals surface area (Å²) in [6.07, 6.45) is 2.43. The Morgan fingerprint density at radius 3 is 2.68 bits per heavy atom. The zero-order chi connectivity index (χ0) is 19.9. The molecule has 7 heteroatoms. The Labute approximate surface area is 162 Å². The highest BCUT2D eigenvalue weighted by Gasteiger charge is 2.17. The first kappa shape index (κ1) is 19.2. The van der Waals surface area contributed by atoms with Gasteiger partial charge in [0, 0.05) is 5.56 Å². The monoisotopic (exact) mass is 378 g/mol. The third-order valence-corrected chi connectivity index (χ3v) is 4.24. The maximum Gasteiger partial charge on any atom is 0.258 e. The summed E-state index contributed by atoms with van der Waals surface area (Å²) in [5.74, 6) is 0.260. The lowest BCUT2D eigenvalue weighted by molar-refractivity contribution is -0.123. The first-order valence-electron chi connectivity index (χ1n) is 8.99. The van der Waals surface area contributed by atoms with Gasteiger partial charge in [-0.2, -0.15) is 0 Å². The van der Waals surface area contributed by atoms with E-state index in [1.165, 1.54) is 6.07 Å². The molecule has 0 unspecified atom stereocenters. The summed E-state index contributed by atoms with van der Waals surface area (Å²) in [6.45, 7) is 1.79. The highest BCUT2D eigenvalue weighted by molar-refractivity contribution is 5.93. The molecule has 4 N–H and O–H groups in total. The van der Waals surface area contributed by atoms with Crippen LogP contribution in [0, 0.1) is 0 Å². The van der Waals surface area contributed by atoms with Gasteiger partial charge in [-0.15, -0.1) is 0 Å². The van der Waals surface area contributed by atoms with Gasteiger partial charge in [0.2, 0.25) is 5.91 Å². The Kier molecular flexibility index (Phi) is 6.06. The lowest BCUT2D eigenvalue weighted by Crippen LogP contribution is -2.33. The van der Waals surface area contributed by atoms with Crippen molar-refractivity contribution < 1.29 is 14.3 Å². The standard InChI is InChI=1S/C21H22N4O3/c1-2-17(21-23-12-18(25-21)14-7-4-3-5-8-14)24-19(26)13-28-16-10-6-9-15(11-16)20(22)27/h3-12,17H,2,13H2,1H3,(H2,22,27)(H,23,25)(H,24,26)/t17-/m1/s1. The first-order valence-corrected chi connectivity index (χ1v) is 8.99. The van der Waals surface area contributed by atoms with Gasteiger partial charge in [0.15, 0.2) is 6.61 Å². The summed E-state index contributed by atoms with van der Waals surface area (Å²) in [4.78, 5) is 31.2. The smallest absolute Gasteiger partial charge is 0.258 e. The zero-order valence-electron chi connectivity index (χ0n) is 15.5. The Balaban J connectivity index is 1.60. The number of imidazole rings is 1. The van der Waals surface area contributed by atoms with Crippen molar-refractivity contribution in [1.29, 1.82) is 0 Å². The number of amides is 2. The maximum atomic E-state index is 12.3. The fourth-order valence-corrected chi connectivity index (χ4v) is 2.77. The van der Waals surface area contributed by atoms with Crippen molar-refractivity contribution in [2.45, 2.75) is 19.4 Å². The van der Waals surface area contributed by atoms with Crippen LogP contribution in [-0.4, -0.2) is 28.4 Å². The van der Waals surface area contributed by atoms with Gasteiger partial charge in [0.05, 0.1) is 17.9 Å². The summed E-state index contributed by atoms with van der Waals surface area (Å²) in [5, 5.41) is 2.91. The normalized spacial score (nSPS) is 11.6. The van der Waals surface area contributed by atoms with Crippen LogP contribution in [0.1, 0.15) is 35.6 Å².